The lowest BCUT2D eigenvalue weighted by Crippen LogP contribution is -2.49. The van der Waals surface area contributed by atoms with E-state index in [1.54, 1.807) is 22.5 Å². The fourth-order valence-corrected chi connectivity index (χ4v) is 5.04. The summed E-state index contributed by atoms with van der Waals surface area (Å²) in [4.78, 5) is 6.95. The van der Waals surface area contributed by atoms with Crippen LogP contribution in [-0.2, 0) is 10.0 Å². The van der Waals surface area contributed by atoms with Crippen molar-refractivity contribution in [3.8, 4) is 0 Å². The third-order valence-corrected chi connectivity index (χ3v) is 6.80. The van der Waals surface area contributed by atoms with E-state index in [9.17, 15) is 8.42 Å². The van der Waals surface area contributed by atoms with Gasteiger partial charge < -0.3 is 4.90 Å². The van der Waals surface area contributed by atoms with Gasteiger partial charge in [0.25, 0.3) is 0 Å². The van der Waals surface area contributed by atoms with Crippen LogP contribution >= 0.6 is 15.9 Å². The maximum Gasteiger partial charge on any atom is 0.244 e. The fraction of sp³-hybridized carbons (Fsp3) is 0.312. The van der Waals surface area contributed by atoms with Gasteiger partial charge in [-0.25, -0.2) is 13.4 Å². The van der Waals surface area contributed by atoms with Crippen LogP contribution in [0.15, 0.2) is 51.8 Å². The molecule has 0 amide bonds. The van der Waals surface area contributed by atoms with Gasteiger partial charge in [-0.15, -0.1) is 0 Å². The Kier molecular flexibility index (Phi) is 4.70. The van der Waals surface area contributed by atoms with Gasteiger partial charge in [0.05, 0.1) is 4.90 Å². The van der Waals surface area contributed by atoms with Crippen LogP contribution in [0.3, 0.4) is 0 Å². The van der Waals surface area contributed by atoms with Crippen LogP contribution in [0.25, 0.3) is 0 Å². The minimum atomic E-state index is -3.47. The van der Waals surface area contributed by atoms with Crippen molar-refractivity contribution < 1.29 is 8.42 Å². The highest BCUT2D eigenvalue weighted by atomic mass is 79.9. The minimum absolute atomic E-state index is 0.321. The van der Waals surface area contributed by atoms with Gasteiger partial charge in [0.2, 0.25) is 10.0 Å². The maximum absolute atomic E-state index is 12.8. The topological polar surface area (TPSA) is 53.5 Å². The number of sulfonamides is 1. The molecule has 7 heteroatoms. The van der Waals surface area contributed by atoms with Gasteiger partial charge in [0.1, 0.15) is 5.82 Å². The van der Waals surface area contributed by atoms with Crippen molar-refractivity contribution in [1.29, 1.82) is 0 Å². The van der Waals surface area contributed by atoms with Crippen LogP contribution in [0.1, 0.15) is 5.69 Å². The summed E-state index contributed by atoms with van der Waals surface area (Å²) in [5.74, 6) is 0.905. The minimum Gasteiger partial charge on any atom is -0.354 e. The van der Waals surface area contributed by atoms with Crippen LogP contribution < -0.4 is 4.90 Å². The number of piperazine rings is 1. The van der Waals surface area contributed by atoms with E-state index in [1.165, 1.54) is 0 Å². The van der Waals surface area contributed by atoms with E-state index in [-0.39, 0.29) is 0 Å². The number of aromatic nitrogens is 1. The molecular weight excluding hydrogens is 378 g/mol. The lowest BCUT2D eigenvalue weighted by atomic mass is 10.3. The molecule has 1 aliphatic heterocycles. The molecule has 0 radical (unpaired) electrons. The molecule has 3 rings (SSSR count). The molecule has 0 bridgehead atoms. The molecule has 5 nitrogen and oxygen atoms in total. The third kappa shape index (κ3) is 3.41. The Bertz CT molecular complexity index is 802. The number of halogens is 1. The largest absolute Gasteiger partial charge is 0.354 e. The van der Waals surface area contributed by atoms with Gasteiger partial charge in [0, 0.05) is 36.3 Å². The first-order valence-corrected chi connectivity index (χ1v) is 9.65. The number of hydrogen-bond donors (Lipinski definition) is 0. The van der Waals surface area contributed by atoms with Crippen LogP contribution in [0.2, 0.25) is 0 Å². The van der Waals surface area contributed by atoms with Gasteiger partial charge in [-0.1, -0.05) is 18.2 Å². The molecule has 0 saturated carbocycles. The van der Waals surface area contributed by atoms with E-state index in [1.807, 2.05) is 31.2 Å². The summed E-state index contributed by atoms with van der Waals surface area (Å²) in [5, 5.41) is 0. The van der Waals surface area contributed by atoms with Gasteiger partial charge in [-0.2, -0.15) is 4.31 Å². The predicted molar refractivity (Wildman–Crippen MR) is 94.1 cm³/mol. The Morgan fingerprint density at radius 3 is 2.35 bits per heavy atom. The van der Waals surface area contributed by atoms with Crippen LogP contribution in [0.5, 0.6) is 0 Å². The molecule has 0 atom stereocenters. The summed E-state index contributed by atoms with van der Waals surface area (Å²) in [6, 6.07) is 12.8. The van der Waals surface area contributed by atoms with Crippen molar-refractivity contribution >= 4 is 31.8 Å². The second-order valence-electron chi connectivity index (χ2n) is 5.46. The molecule has 1 saturated heterocycles. The molecular formula is C16H18BrN3O2S. The Hall–Kier alpha value is -1.44. The predicted octanol–water partition coefficient (Wildman–Crippen LogP) is 2.66. The first kappa shape index (κ1) is 16.4. The molecule has 2 aromatic rings. The Morgan fingerprint density at radius 1 is 1.00 bits per heavy atom. The van der Waals surface area contributed by atoms with Crippen LogP contribution in [-0.4, -0.2) is 43.9 Å². The lowest BCUT2D eigenvalue weighted by molar-refractivity contribution is 0.383. The Labute approximate surface area is 145 Å². The summed E-state index contributed by atoms with van der Waals surface area (Å²) in [6.07, 6.45) is 0. The zero-order valence-corrected chi connectivity index (χ0v) is 15.2. The highest BCUT2D eigenvalue weighted by Gasteiger charge is 2.30. The Morgan fingerprint density at radius 2 is 1.70 bits per heavy atom. The molecule has 1 fully saturated rings. The summed E-state index contributed by atoms with van der Waals surface area (Å²) >= 11 is 3.33. The number of pyridine rings is 1. The first-order valence-electron chi connectivity index (χ1n) is 7.42. The average molecular weight is 396 g/mol. The normalized spacial score (nSPS) is 16.5. The monoisotopic (exact) mass is 395 g/mol. The highest BCUT2D eigenvalue weighted by molar-refractivity contribution is 9.10. The number of rotatable bonds is 3. The maximum atomic E-state index is 12.8. The highest BCUT2D eigenvalue weighted by Crippen LogP contribution is 2.26. The van der Waals surface area contributed by atoms with Crippen molar-refractivity contribution in [2.45, 2.75) is 11.8 Å². The SMILES string of the molecule is Cc1cccc(N2CCN(S(=O)(=O)c3ccccc3Br)CC2)n1. The van der Waals surface area contributed by atoms with Gasteiger partial charge >= 0.3 is 0 Å². The number of hydrogen-bond acceptors (Lipinski definition) is 4. The smallest absolute Gasteiger partial charge is 0.244 e. The number of nitrogens with zero attached hydrogens (tertiary/aromatic N) is 3. The van der Waals surface area contributed by atoms with E-state index >= 15 is 0 Å². The van der Waals surface area contributed by atoms with Gasteiger partial charge in [0.15, 0.2) is 0 Å². The van der Waals surface area contributed by atoms with E-state index in [4.69, 9.17) is 0 Å². The molecule has 1 aromatic carbocycles. The third-order valence-electron chi connectivity index (χ3n) is 3.89. The quantitative estimate of drug-likeness (QED) is 0.801. The van der Waals surface area contributed by atoms with E-state index < -0.39 is 10.0 Å². The van der Waals surface area contributed by atoms with Crippen molar-refractivity contribution in [1.82, 2.24) is 9.29 Å². The van der Waals surface area contributed by atoms with Gasteiger partial charge in [-0.3, -0.25) is 0 Å². The number of benzene rings is 1. The molecule has 0 N–H and O–H groups in total. The lowest BCUT2D eigenvalue weighted by Gasteiger charge is -2.34. The molecule has 0 unspecified atom stereocenters. The van der Waals surface area contributed by atoms with E-state index in [0.29, 0.717) is 35.5 Å². The van der Waals surface area contributed by atoms with Crippen LogP contribution in [0.4, 0.5) is 5.82 Å². The van der Waals surface area contributed by atoms with E-state index in [0.717, 1.165) is 11.5 Å². The van der Waals surface area contributed by atoms with Crippen molar-refractivity contribution in [3.63, 3.8) is 0 Å². The molecule has 1 aliphatic rings. The molecule has 122 valence electrons. The van der Waals surface area contributed by atoms with Crippen molar-refractivity contribution in [2.24, 2.45) is 0 Å². The fourth-order valence-electron chi connectivity index (χ4n) is 2.66. The summed E-state index contributed by atoms with van der Waals surface area (Å²) in [5.41, 5.74) is 0.964. The zero-order valence-electron chi connectivity index (χ0n) is 12.8. The van der Waals surface area contributed by atoms with Crippen molar-refractivity contribution in [3.05, 3.63) is 52.6 Å². The summed E-state index contributed by atoms with van der Waals surface area (Å²) in [6.45, 7) is 4.15. The standard InChI is InChI=1S/C16H18BrN3O2S/c1-13-5-4-8-16(18-13)19-9-11-20(12-10-19)23(21,22)15-7-3-2-6-14(15)17/h2-8H,9-12H2,1H3. The summed E-state index contributed by atoms with van der Waals surface area (Å²) < 4.78 is 27.7. The molecule has 1 aromatic heterocycles. The second kappa shape index (κ2) is 6.59. The zero-order chi connectivity index (χ0) is 16.4. The van der Waals surface area contributed by atoms with Crippen molar-refractivity contribution in [2.75, 3.05) is 31.1 Å². The second-order valence-corrected chi connectivity index (χ2v) is 8.22. The van der Waals surface area contributed by atoms with Gasteiger partial charge in [-0.05, 0) is 47.1 Å². The van der Waals surface area contributed by atoms with E-state index in [2.05, 4.69) is 25.8 Å². The van der Waals surface area contributed by atoms with Crippen LogP contribution in [0, 0.1) is 6.92 Å². The number of aryl methyl sites for hydroxylation is 1. The Balaban J connectivity index is 1.75. The average Bonchev–Trinajstić information content (AvgIpc) is 2.55. The number of anilines is 1. The molecule has 0 aliphatic carbocycles. The molecule has 0 spiro atoms. The molecule has 23 heavy (non-hydrogen) atoms. The first-order chi connectivity index (χ1) is 11.0. The molecule has 2 heterocycles. The summed E-state index contributed by atoms with van der Waals surface area (Å²) in [7, 11) is -3.47.